The molecule has 0 saturated heterocycles. The minimum Gasteiger partial charge on any atom is -0.463 e. The van der Waals surface area contributed by atoms with Crippen LogP contribution < -0.4 is 10.6 Å². The van der Waals surface area contributed by atoms with Crippen molar-refractivity contribution in [1.82, 2.24) is 10.6 Å². The van der Waals surface area contributed by atoms with Gasteiger partial charge in [-0.25, -0.2) is 0 Å². The van der Waals surface area contributed by atoms with Crippen LogP contribution in [0.15, 0.2) is 46.9 Å². The smallest absolute Gasteiger partial charge is 0.251 e. The lowest BCUT2D eigenvalue weighted by atomic mass is 10.0. The standard InChI is InChI=1S/C19H24N2O4/c1-14-10-11-16(25-14)19(2,24)13-21-17(22)9-6-12-20-18(23)15-7-4-3-5-8-15/h3-5,7-8,10-11,24H,6,9,12-13H2,1-2H3,(H,20,23)(H,21,22). The summed E-state index contributed by atoms with van der Waals surface area (Å²) >= 11 is 0. The molecule has 134 valence electrons. The minimum absolute atomic E-state index is 0.0646. The highest BCUT2D eigenvalue weighted by Crippen LogP contribution is 2.21. The average molecular weight is 344 g/mol. The molecule has 1 unspecified atom stereocenters. The molecule has 1 aromatic carbocycles. The summed E-state index contributed by atoms with van der Waals surface area (Å²) in [6.07, 6.45) is 0.786. The molecule has 6 nitrogen and oxygen atoms in total. The maximum atomic E-state index is 11.9. The number of benzene rings is 1. The molecule has 1 atom stereocenters. The number of hydrogen-bond donors (Lipinski definition) is 3. The van der Waals surface area contributed by atoms with Crippen LogP contribution in [0.1, 0.15) is 41.6 Å². The van der Waals surface area contributed by atoms with Crippen molar-refractivity contribution in [2.45, 2.75) is 32.3 Å². The Morgan fingerprint density at radius 3 is 2.48 bits per heavy atom. The quantitative estimate of drug-likeness (QED) is 0.640. The number of amides is 2. The number of aryl methyl sites for hydroxylation is 1. The Bertz CT molecular complexity index is 707. The molecule has 25 heavy (non-hydrogen) atoms. The molecule has 2 amide bonds. The molecule has 0 spiro atoms. The molecule has 2 rings (SSSR count). The first-order chi connectivity index (χ1) is 11.9. The van der Waals surface area contributed by atoms with E-state index in [0.29, 0.717) is 30.0 Å². The normalized spacial score (nSPS) is 13.1. The van der Waals surface area contributed by atoms with E-state index < -0.39 is 5.60 Å². The van der Waals surface area contributed by atoms with Gasteiger partial charge in [0.1, 0.15) is 17.1 Å². The number of hydrogen-bond acceptors (Lipinski definition) is 4. The van der Waals surface area contributed by atoms with Gasteiger partial charge < -0.3 is 20.2 Å². The molecule has 0 aliphatic carbocycles. The van der Waals surface area contributed by atoms with Gasteiger partial charge in [-0.3, -0.25) is 9.59 Å². The van der Waals surface area contributed by atoms with Gasteiger partial charge in [-0.1, -0.05) is 18.2 Å². The Morgan fingerprint density at radius 1 is 1.12 bits per heavy atom. The molecule has 0 saturated carbocycles. The molecule has 0 fully saturated rings. The van der Waals surface area contributed by atoms with E-state index in [1.165, 1.54) is 0 Å². The second-order valence-electron chi connectivity index (χ2n) is 6.19. The van der Waals surface area contributed by atoms with E-state index in [-0.39, 0.29) is 24.8 Å². The van der Waals surface area contributed by atoms with E-state index in [2.05, 4.69) is 10.6 Å². The SMILES string of the molecule is Cc1ccc(C(C)(O)CNC(=O)CCCNC(=O)c2ccccc2)o1. The van der Waals surface area contributed by atoms with Crippen molar-refractivity contribution in [3.63, 3.8) is 0 Å². The predicted octanol–water partition coefficient (Wildman–Crippen LogP) is 2.12. The zero-order valence-electron chi connectivity index (χ0n) is 14.5. The highest BCUT2D eigenvalue weighted by atomic mass is 16.4. The summed E-state index contributed by atoms with van der Waals surface area (Å²) in [4.78, 5) is 23.7. The van der Waals surface area contributed by atoms with Crippen molar-refractivity contribution in [2.24, 2.45) is 0 Å². The molecule has 0 radical (unpaired) electrons. The fourth-order valence-corrected chi connectivity index (χ4v) is 2.31. The van der Waals surface area contributed by atoms with Crippen LogP contribution in [-0.2, 0) is 10.4 Å². The van der Waals surface area contributed by atoms with Gasteiger partial charge in [0.25, 0.3) is 5.91 Å². The first kappa shape index (κ1) is 18.7. The second-order valence-corrected chi connectivity index (χ2v) is 6.19. The number of aliphatic hydroxyl groups is 1. The summed E-state index contributed by atoms with van der Waals surface area (Å²) in [7, 11) is 0. The lowest BCUT2D eigenvalue weighted by Crippen LogP contribution is -2.38. The molecular formula is C19H24N2O4. The van der Waals surface area contributed by atoms with Crippen LogP contribution >= 0.6 is 0 Å². The monoisotopic (exact) mass is 344 g/mol. The Balaban J connectivity index is 1.66. The third-order valence-corrected chi connectivity index (χ3v) is 3.80. The average Bonchev–Trinajstić information content (AvgIpc) is 3.05. The van der Waals surface area contributed by atoms with Crippen LogP contribution in [0, 0.1) is 6.92 Å². The molecule has 2 aromatic rings. The van der Waals surface area contributed by atoms with Crippen LogP contribution in [0.3, 0.4) is 0 Å². The minimum atomic E-state index is -1.26. The van der Waals surface area contributed by atoms with Crippen molar-refractivity contribution in [2.75, 3.05) is 13.1 Å². The summed E-state index contributed by atoms with van der Waals surface area (Å²) in [5, 5.41) is 15.8. The summed E-state index contributed by atoms with van der Waals surface area (Å²) in [6, 6.07) is 12.4. The Morgan fingerprint density at radius 2 is 1.84 bits per heavy atom. The van der Waals surface area contributed by atoms with E-state index in [0.717, 1.165) is 0 Å². The third kappa shape index (κ3) is 5.76. The van der Waals surface area contributed by atoms with E-state index >= 15 is 0 Å². The van der Waals surface area contributed by atoms with Crippen LogP contribution in [0.2, 0.25) is 0 Å². The van der Waals surface area contributed by atoms with Crippen LogP contribution in [0.5, 0.6) is 0 Å². The summed E-state index contributed by atoms with van der Waals surface area (Å²) in [5.74, 6) is 0.783. The maximum Gasteiger partial charge on any atom is 0.251 e. The van der Waals surface area contributed by atoms with Gasteiger partial charge in [0.2, 0.25) is 5.91 Å². The molecule has 6 heteroatoms. The van der Waals surface area contributed by atoms with Crippen molar-refractivity contribution < 1.29 is 19.1 Å². The van der Waals surface area contributed by atoms with E-state index in [1.54, 1.807) is 50.2 Å². The molecule has 0 aliphatic heterocycles. The number of nitrogens with one attached hydrogen (secondary N) is 2. The Kier molecular flexibility index (Phi) is 6.36. The zero-order valence-corrected chi connectivity index (χ0v) is 14.5. The van der Waals surface area contributed by atoms with E-state index in [4.69, 9.17) is 4.42 Å². The van der Waals surface area contributed by atoms with Crippen molar-refractivity contribution in [3.05, 3.63) is 59.5 Å². The van der Waals surface area contributed by atoms with Crippen molar-refractivity contribution in [1.29, 1.82) is 0 Å². The van der Waals surface area contributed by atoms with Gasteiger partial charge in [-0.05, 0) is 44.5 Å². The summed E-state index contributed by atoms with van der Waals surface area (Å²) in [5.41, 5.74) is -0.664. The summed E-state index contributed by atoms with van der Waals surface area (Å²) in [6.45, 7) is 3.86. The lowest BCUT2D eigenvalue weighted by molar-refractivity contribution is -0.122. The highest BCUT2D eigenvalue weighted by Gasteiger charge is 2.27. The summed E-state index contributed by atoms with van der Waals surface area (Å²) < 4.78 is 5.40. The van der Waals surface area contributed by atoms with Crippen LogP contribution in [0.25, 0.3) is 0 Å². The zero-order chi connectivity index (χ0) is 18.3. The highest BCUT2D eigenvalue weighted by molar-refractivity contribution is 5.94. The topological polar surface area (TPSA) is 91.6 Å². The van der Waals surface area contributed by atoms with Crippen molar-refractivity contribution >= 4 is 11.8 Å². The molecule has 0 aliphatic rings. The predicted molar refractivity (Wildman–Crippen MR) is 94.0 cm³/mol. The number of carbonyl (C=O) groups is 2. The third-order valence-electron chi connectivity index (χ3n) is 3.80. The second kappa shape index (κ2) is 8.48. The van der Waals surface area contributed by atoms with Gasteiger partial charge in [-0.2, -0.15) is 0 Å². The largest absolute Gasteiger partial charge is 0.463 e. The van der Waals surface area contributed by atoms with Gasteiger partial charge >= 0.3 is 0 Å². The van der Waals surface area contributed by atoms with Gasteiger partial charge in [-0.15, -0.1) is 0 Å². The number of furan rings is 1. The fraction of sp³-hybridized carbons (Fsp3) is 0.368. The van der Waals surface area contributed by atoms with Gasteiger partial charge in [0.05, 0.1) is 6.54 Å². The lowest BCUT2D eigenvalue weighted by Gasteiger charge is -2.21. The van der Waals surface area contributed by atoms with Gasteiger partial charge in [0, 0.05) is 18.5 Å². The number of rotatable bonds is 8. The Hall–Kier alpha value is -2.60. The maximum absolute atomic E-state index is 11.9. The molecular weight excluding hydrogens is 320 g/mol. The molecule has 0 bridgehead atoms. The number of carbonyl (C=O) groups excluding carboxylic acids is 2. The first-order valence-corrected chi connectivity index (χ1v) is 8.28. The van der Waals surface area contributed by atoms with E-state index in [9.17, 15) is 14.7 Å². The first-order valence-electron chi connectivity index (χ1n) is 8.28. The molecule has 1 heterocycles. The van der Waals surface area contributed by atoms with Crippen molar-refractivity contribution in [3.8, 4) is 0 Å². The molecule has 3 N–H and O–H groups in total. The van der Waals surface area contributed by atoms with Crippen LogP contribution in [0.4, 0.5) is 0 Å². The van der Waals surface area contributed by atoms with E-state index in [1.807, 2.05) is 6.07 Å². The molecule has 1 aromatic heterocycles. The van der Waals surface area contributed by atoms with Crippen LogP contribution in [-0.4, -0.2) is 30.0 Å². The Labute approximate surface area is 147 Å². The fourth-order valence-electron chi connectivity index (χ4n) is 2.31. The van der Waals surface area contributed by atoms with Gasteiger partial charge in [0.15, 0.2) is 0 Å².